The molecule has 0 spiro atoms. The van der Waals surface area contributed by atoms with Crippen molar-refractivity contribution >= 4 is 24.6 Å². The van der Waals surface area contributed by atoms with E-state index < -0.39 is 12.3 Å². The van der Waals surface area contributed by atoms with Gasteiger partial charge in [0, 0.05) is 18.4 Å². The predicted molar refractivity (Wildman–Crippen MR) is 146 cm³/mol. The number of anilines is 1. The van der Waals surface area contributed by atoms with Gasteiger partial charge in [0.25, 0.3) is 0 Å². The van der Waals surface area contributed by atoms with E-state index in [1.54, 1.807) is 25.3 Å². The lowest BCUT2D eigenvalue weighted by molar-refractivity contribution is -0.138. The summed E-state index contributed by atoms with van der Waals surface area (Å²) in [5.74, 6) is 1.75. The lowest BCUT2D eigenvalue weighted by atomic mass is 9.73. The maximum atomic E-state index is 12.3. The molecule has 1 aliphatic heterocycles. The highest BCUT2D eigenvalue weighted by Crippen LogP contribution is 2.36. The average molecular weight is 501 g/mol. The Hall–Kier alpha value is -2.59. The molecule has 200 valence electrons. The summed E-state index contributed by atoms with van der Waals surface area (Å²) in [7, 11) is 0. The first-order chi connectivity index (χ1) is 17.3. The molecule has 0 bridgehead atoms. The van der Waals surface area contributed by atoms with Crippen LogP contribution in [0.1, 0.15) is 64.1 Å². The van der Waals surface area contributed by atoms with Crippen LogP contribution in [-0.4, -0.2) is 55.4 Å². The van der Waals surface area contributed by atoms with Crippen LogP contribution in [0.2, 0.25) is 0 Å². The fourth-order valence-electron chi connectivity index (χ4n) is 4.89. The SMILES string of the molecule is C=N/C=C(\C=C\c1cnc(NC(O)NCC)cc1C(N)C[C@@H](CC)C1CCNC[C@H]1C)C(=O)OCC. The van der Waals surface area contributed by atoms with Gasteiger partial charge in [-0.2, -0.15) is 0 Å². The third kappa shape index (κ3) is 8.81. The van der Waals surface area contributed by atoms with Crippen LogP contribution in [0, 0.1) is 17.8 Å². The summed E-state index contributed by atoms with van der Waals surface area (Å²) < 4.78 is 5.12. The van der Waals surface area contributed by atoms with E-state index in [0.29, 0.717) is 30.1 Å². The number of hydrogen-bond donors (Lipinski definition) is 5. The van der Waals surface area contributed by atoms with Gasteiger partial charge in [0.1, 0.15) is 5.82 Å². The van der Waals surface area contributed by atoms with Crippen LogP contribution in [0.25, 0.3) is 6.08 Å². The van der Waals surface area contributed by atoms with Crippen molar-refractivity contribution in [3.8, 4) is 0 Å². The van der Waals surface area contributed by atoms with Gasteiger partial charge < -0.3 is 26.2 Å². The van der Waals surface area contributed by atoms with Gasteiger partial charge in [0.05, 0.1) is 12.2 Å². The summed E-state index contributed by atoms with van der Waals surface area (Å²) in [4.78, 5) is 20.5. The summed E-state index contributed by atoms with van der Waals surface area (Å²) in [6.45, 7) is 14.6. The van der Waals surface area contributed by atoms with Gasteiger partial charge in [0.15, 0.2) is 6.35 Å². The molecule has 0 aromatic carbocycles. The quantitative estimate of drug-likeness (QED) is 0.0864. The minimum absolute atomic E-state index is 0.246. The minimum Gasteiger partial charge on any atom is -0.462 e. The van der Waals surface area contributed by atoms with E-state index in [9.17, 15) is 9.90 Å². The number of nitrogens with two attached hydrogens (primary N) is 1. The van der Waals surface area contributed by atoms with E-state index in [4.69, 9.17) is 10.5 Å². The molecule has 1 fully saturated rings. The van der Waals surface area contributed by atoms with Gasteiger partial charge >= 0.3 is 5.97 Å². The third-order valence-electron chi connectivity index (χ3n) is 6.77. The number of nitrogens with one attached hydrogen (secondary N) is 3. The normalized spacial score (nSPS) is 21.1. The number of pyridine rings is 1. The van der Waals surface area contributed by atoms with Crippen molar-refractivity contribution in [2.45, 2.75) is 59.4 Å². The maximum absolute atomic E-state index is 12.3. The van der Waals surface area contributed by atoms with Gasteiger partial charge in [-0.3, -0.25) is 10.3 Å². The summed E-state index contributed by atoms with van der Waals surface area (Å²) >= 11 is 0. The zero-order valence-electron chi connectivity index (χ0n) is 22.2. The number of rotatable bonds is 14. The number of hydrogen-bond acceptors (Lipinski definition) is 9. The molecule has 0 saturated carbocycles. The second-order valence-corrected chi connectivity index (χ2v) is 9.27. The molecule has 5 atom stereocenters. The van der Waals surface area contributed by atoms with Crippen LogP contribution in [-0.2, 0) is 9.53 Å². The van der Waals surface area contributed by atoms with E-state index in [2.05, 4.69) is 46.5 Å². The van der Waals surface area contributed by atoms with E-state index in [0.717, 1.165) is 43.5 Å². The molecule has 1 aromatic rings. The van der Waals surface area contributed by atoms with Gasteiger partial charge in [-0.1, -0.05) is 33.3 Å². The van der Waals surface area contributed by atoms with Crippen LogP contribution in [0.4, 0.5) is 5.82 Å². The van der Waals surface area contributed by atoms with Crippen LogP contribution in [0.15, 0.2) is 35.1 Å². The monoisotopic (exact) mass is 500 g/mol. The average Bonchev–Trinajstić information content (AvgIpc) is 2.86. The molecule has 3 unspecified atom stereocenters. The molecule has 0 aliphatic carbocycles. The smallest absolute Gasteiger partial charge is 0.339 e. The number of esters is 1. The number of aliphatic hydroxyl groups is 1. The van der Waals surface area contributed by atoms with Crippen molar-refractivity contribution in [2.75, 3.05) is 31.6 Å². The number of nitrogens with zero attached hydrogens (tertiary/aromatic N) is 2. The Labute approximate surface area is 215 Å². The molecule has 9 nitrogen and oxygen atoms in total. The van der Waals surface area contributed by atoms with Crippen LogP contribution >= 0.6 is 0 Å². The van der Waals surface area contributed by atoms with E-state index >= 15 is 0 Å². The van der Waals surface area contributed by atoms with Crippen LogP contribution in [0.3, 0.4) is 0 Å². The van der Waals surface area contributed by atoms with Crippen LogP contribution in [0.5, 0.6) is 0 Å². The fraction of sp³-hybridized carbons (Fsp3) is 0.593. The largest absolute Gasteiger partial charge is 0.462 e. The first kappa shape index (κ1) is 29.6. The number of ether oxygens (including phenoxy) is 1. The Bertz CT molecular complexity index is 903. The number of piperidine rings is 1. The molecule has 6 N–H and O–H groups in total. The minimum atomic E-state index is -0.927. The fourth-order valence-corrected chi connectivity index (χ4v) is 4.89. The van der Waals surface area contributed by atoms with E-state index in [1.165, 1.54) is 6.20 Å². The summed E-state index contributed by atoms with van der Waals surface area (Å²) in [5.41, 5.74) is 8.80. The Balaban J connectivity index is 2.37. The highest BCUT2D eigenvalue weighted by atomic mass is 16.5. The number of carbonyl (C=O) groups excluding carboxylic acids is 1. The summed E-state index contributed by atoms with van der Waals surface area (Å²) in [5, 5.41) is 19.5. The molecule has 0 radical (unpaired) electrons. The first-order valence-corrected chi connectivity index (χ1v) is 13.0. The van der Waals surface area contributed by atoms with Crippen molar-refractivity contribution in [1.82, 2.24) is 15.6 Å². The Morgan fingerprint density at radius 2 is 2.22 bits per heavy atom. The summed E-state index contributed by atoms with van der Waals surface area (Å²) in [6, 6.07) is 1.63. The lowest BCUT2D eigenvalue weighted by Crippen LogP contribution is -2.39. The molecule has 1 aromatic heterocycles. The number of aliphatic imine (C=N–C) groups is 1. The molecule has 2 heterocycles. The van der Waals surface area contributed by atoms with Crippen molar-refractivity contribution in [2.24, 2.45) is 28.5 Å². The van der Waals surface area contributed by atoms with Crippen LogP contribution < -0.4 is 21.7 Å². The molecular formula is C27H44N6O3. The maximum Gasteiger partial charge on any atom is 0.339 e. The molecule has 36 heavy (non-hydrogen) atoms. The van der Waals surface area contributed by atoms with Crippen molar-refractivity contribution < 1.29 is 14.6 Å². The number of carbonyl (C=O) groups is 1. The zero-order chi connectivity index (χ0) is 26.5. The number of aliphatic hydroxyl groups excluding tert-OH is 1. The van der Waals surface area contributed by atoms with Gasteiger partial charge in [-0.15, -0.1) is 0 Å². The standard InChI is InChI=1S/C27H44N6O3/c1-6-19(22-11-12-30-15-18(22)4)13-24(28)23-14-25(33-27(35)31-7-2)32-17-20(23)9-10-21(16-29-5)26(34)36-8-3/h9-10,14,16-19,22,24,27,30-31,35H,5-8,11-13,15,28H2,1-4H3,(H,32,33)/b10-9+,21-16+/t18-,19-,22?,24?,27?/m1/s1. The molecule has 9 heteroatoms. The number of aromatic nitrogens is 1. The second-order valence-electron chi connectivity index (χ2n) is 9.27. The first-order valence-electron chi connectivity index (χ1n) is 13.0. The Morgan fingerprint density at radius 1 is 1.44 bits per heavy atom. The lowest BCUT2D eigenvalue weighted by Gasteiger charge is -2.37. The van der Waals surface area contributed by atoms with E-state index in [-0.39, 0.29) is 18.2 Å². The summed E-state index contributed by atoms with van der Waals surface area (Å²) in [6.07, 6.45) is 8.63. The Kier molecular flexibility index (Phi) is 12.8. The zero-order valence-corrected chi connectivity index (χ0v) is 22.2. The molecule has 1 saturated heterocycles. The second kappa shape index (κ2) is 15.5. The highest BCUT2D eigenvalue weighted by molar-refractivity contribution is 5.93. The molecule has 2 rings (SSSR count). The Morgan fingerprint density at radius 3 is 2.86 bits per heavy atom. The van der Waals surface area contributed by atoms with Gasteiger partial charge in [0.2, 0.25) is 0 Å². The third-order valence-corrected chi connectivity index (χ3v) is 6.77. The predicted octanol–water partition coefficient (Wildman–Crippen LogP) is 3.20. The van der Waals surface area contributed by atoms with Gasteiger partial charge in [-0.05, 0) is 87.1 Å². The van der Waals surface area contributed by atoms with Crippen molar-refractivity contribution in [3.63, 3.8) is 0 Å². The topological polar surface area (TPSA) is 134 Å². The molecule has 0 amide bonds. The highest BCUT2D eigenvalue weighted by Gasteiger charge is 2.30. The van der Waals surface area contributed by atoms with Crippen molar-refractivity contribution in [1.29, 1.82) is 0 Å². The van der Waals surface area contributed by atoms with Gasteiger partial charge in [-0.25, -0.2) is 9.78 Å². The van der Waals surface area contributed by atoms with Crippen molar-refractivity contribution in [3.05, 3.63) is 41.2 Å². The van der Waals surface area contributed by atoms with E-state index in [1.807, 2.05) is 13.0 Å². The molecular weight excluding hydrogens is 456 g/mol. The molecule has 1 aliphatic rings.